The second kappa shape index (κ2) is 5.67. The van der Waals surface area contributed by atoms with Crippen LogP contribution in [0, 0.1) is 5.82 Å². The van der Waals surface area contributed by atoms with Gasteiger partial charge in [0.15, 0.2) is 0 Å². The zero-order chi connectivity index (χ0) is 13.1. The molecule has 1 saturated heterocycles. The largest absolute Gasteiger partial charge is 0.396 e. The normalized spacial score (nSPS) is 21.4. The summed E-state index contributed by atoms with van der Waals surface area (Å²) >= 11 is 0. The highest BCUT2D eigenvalue weighted by molar-refractivity contribution is 5.41. The maximum atomic E-state index is 13.4. The fourth-order valence-electron chi connectivity index (χ4n) is 2.59. The van der Waals surface area contributed by atoms with Crippen LogP contribution in [0.1, 0.15) is 18.4 Å². The highest BCUT2D eigenvalue weighted by atomic mass is 19.1. The predicted molar refractivity (Wildman–Crippen MR) is 72.8 cm³/mol. The molecule has 1 heterocycles. The summed E-state index contributed by atoms with van der Waals surface area (Å²) in [6.45, 7) is 3.05. The number of piperidine rings is 1. The van der Waals surface area contributed by atoms with E-state index in [1.807, 2.05) is 6.07 Å². The molecule has 100 valence electrons. The first-order valence-corrected chi connectivity index (χ1v) is 6.49. The van der Waals surface area contributed by atoms with Gasteiger partial charge in [-0.25, -0.2) is 4.39 Å². The van der Waals surface area contributed by atoms with Crippen LogP contribution < -0.4 is 5.73 Å². The fourth-order valence-corrected chi connectivity index (χ4v) is 2.59. The minimum absolute atomic E-state index is 0.221. The molecule has 0 spiro atoms. The summed E-state index contributed by atoms with van der Waals surface area (Å²) in [6, 6.07) is 5.65. The Labute approximate surface area is 108 Å². The average Bonchev–Trinajstić information content (AvgIpc) is 2.34. The highest BCUT2D eigenvalue weighted by Gasteiger charge is 2.21. The smallest absolute Gasteiger partial charge is 0.146 e. The van der Waals surface area contributed by atoms with Gasteiger partial charge in [-0.15, -0.1) is 0 Å². The van der Waals surface area contributed by atoms with E-state index in [2.05, 4.69) is 23.9 Å². The lowest BCUT2D eigenvalue weighted by Gasteiger charge is -2.35. The molecular formula is C14H22FN3. The highest BCUT2D eigenvalue weighted by Crippen LogP contribution is 2.18. The van der Waals surface area contributed by atoms with Crippen LogP contribution in [0.15, 0.2) is 18.2 Å². The molecule has 1 aliphatic heterocycles. The fraction of sp³-hybridized carbons (Fsp3) is 0.571. The third-order valence-corrected chi connectivity index (χ3v) is 3.72. The van der Waals surface area contributed by atoms with Crippen LogP contribution in [0.2, 0.25) is 0 Å². The Bertz CT molecular complexity index is 408. The zero-order valence-corrected chi connectivity index (χ0v) is 11.2. The molecule has 2 N–H and O–H groups in total. The standard InChI is InChI=1S/C14H22FN3/c1-17-7-3-4-12(10-17)18(2)9-11-5-6-14(16)13(15)8-11/h5-6,8,12H,3-4,7,9-10,16H2,1-2H3. The summed E-state index contributed by atoms with van der Waals surface area (Å²) in [4.78, 5) is 4.66. The zero-order valence-electron chi connectivity index (χ0n) is 11.2. The Hall–Kier alpha value is -1.13. The van der Waals surface area contributed by atoms with Crippen LogP contribution in [-0.4, -0.2) is 43.0 Å². The van der Waals surface area contributed by atoms with E-state index in [0.29, 0.717) is 6.04 Å². The van der Waals surface area contributed by atoms with Crippen molar-refractivity contribution in [3.8, 4) is 0 Å². The van der Waals surface area contributed by atoms with E-state index >= 15 is 0 Å². The lowest BCUT2D eigenvalue weighted by Crippen LogP contribution is -2.44. The van der Waals surface area contributed by atoms with Gasteiger partial charge >= 0.3 is 0 Å². The number of likely N-dealkylation sites (N-methyl/N-ethyl adjacent to an activating group) is 2. The number of nitrogens with two attached hydrogens (primary N) is 1. The maximum Gasteiger partial charge on any atom is 0.146 e. The number of nitrogen functional groups attached to an aromatic ring is 1. The Morgan fingerprint density at radius 3 is 2.94 bits per heavy atom. The van der Waals surface area contributed by atoms with Crippen molar-refractivity contribution >= 4 is 5.69 Å². The molecule has 4 heteroatoms. The van der Waals surface area contributed by atoms with Gasteiger partial charge < -0.3 is 10.6 Å². The van der Waals surface area contributed by atoms with Gasteiger partial charge in [0.2, 0.25) is 0 Å². The molecule has 18 heavy (non-hydrogen) atoms. The monoisotopic (exact) mass is 251 g/mol. The summed E-state index contributed by atoms with van der Waals surface area (Å²) in [6.07, 6.45) is 2.46. The lowest BCUT2D eigenvalue weighted by molar-refractivity contribution is 0.129. The molecule has 0 amide bonds. The van der Waals surface area contributed by atoms with Crippen LogP contribution in [-0.2, 0) is 6.54 Å². The Balaban J connectivity index is 1.97. The molecular weight excluding hydrogens is 229 g/mol. The van der Waals surface area contributed by atoms with Gasteiger partial charge in [0.1, 0.15) is 5.82 Å². The van der Waals surface area contributed by atoms with Gasteiger partial charge in [-0.2, -0.15) is 0 Å². The molecule has 1 aliphatic rings. The Morgan fingerprint density at radius 2 is 2.28 bits per heavy atom. The summed E-state index contributed by atoms with van der Waals surface area (Å²) in [5.74, 6) is -0.318. The molecule has 1 aromatic carbocycles. The molecule has 1 fully saturated rings. The maximum absolute atomic E-state index is 13.4. The molecule has 3 nitrogen and oxygen atoms in total. The molecule has 0 radical (unpaired) electrons. The van der Waals surface area contributed by atoms with E-state index in [9.17, 15) is 4.39 Å². The van der Waals surface area contributed by atoms with Crippen LogP contribution in [0.25, 0.3) is 0 Å². The number of benzene rings is 1. The first-order chi connectivity index (χ1) is 8.56. The van der Waals surface area contributed by atoms with Crippen molar-refractivity contribution in [3.63, 3.8) is 0 Å². The van der Waals surface area contributed by atoms with Crippen molar-refractivity contribution in [2.45, 2.75) is 25.4 Å². The molecule has 0 bridgehead atoms. The molecule has 1 atom stereocenters. The van der Waals surface area contributed by atoms with Crippen molar-refractivity contribution in [3.05, 3.63) is 29.6 Å². The summed E-state index contributed by atoms with van der Waals surface area (Å²) in [7, 11) is 4.26. The number of rotatable bonds is 3. The first kappa shape index (κ1) is 13.3. The third-order valence-electron chi connectivity index (χ3n) is 3.72. The van der Waals surface area contributed by atoms with Crippen LogP contribution >= 0.6 is 0 Å². The quantitative estimate of drug-likeness (QED) is 0.833. The molecule has 1 aromatic rings. The molecule has 0 aliphatic carbocycles. The van der Waals surface area contributed by atoms with Gasteiger partial charge in [-0.05, 0) is 51.2 Å². The van der Waals surface area contributed by atoms with Crippen LogP contribution in [0.3, 0.4) is 0 Å². The number of likely N-dealkylation sites (tertiary alicyclic amines) is 1. The van der Waals surface area contributed by atoms with Gasteiger partial charge in [0.05, 0.1) is 5.69 Å². The number of nitrogens with zero attached hydrogens (tertiary/aromatic N) is 2. The first-order valence-electron chi connectivity index (χ1n) is 6.49. The minimum Gasteiger partial charge on any atom is -0.396 e. The van der Waals surface area contributed by atoms with Crippen molar-refractivity contribution in [2.75, 3.05) is 32.9 Å². The topological polar surface area (TPSA) is 32.5 Å². The van der Waals surface area contributed by atoms with Crippen molar-refractivity contribution in [1.29, 1.82) is 0 Å². The van der Waals surface area contributed by atoms with E-state index in [-0.39, 0.29) is 11.5 Å². The van der Waals surface area contributed by atoms with Crippen LogP contribution in [0.4, 0.5) is 10.1 Å². The van der Waals surface area contributed by atoms with Crippen molar-refractivity contribution in [1.82, 2.24) is 9.80 Å². The third kappa shape index (κ3) is 3.21. The summed E-state index contributed by atoms with van der Waals surface area (Å²) < 4.78 is 13.4. The molecule has 1 unspecified atom stereocenters. The van der Waals surface area contributed by atoms with Gasteiger partial charge in [-0.3, -0.25) is 4.90 Å². The molecule has 0 saturated carbocycles. The minimum atomic E-state index is -0.318. The lowest BCUT2D eigenvalue weighted by atomic mass is 10.0. The van der Waals surface area contributed by atoms with E-state index in [1.54, 1.807) is 12.1 Å². The Kier molecular flexibility index (Phi) is 4.19. The molecule has 2 rings (SSSR count). The number of hydrogen-bond donors (Lipinski definition) is 1. The van der Waals surface area contributed by atoms with Crippen molar-refractivity contribution < 1.29 is 4.39 Å². The van der Waals surface area contributed by atoms with Crippen molar-refractivity contribution in [2.24, 2.45) is 0 Å². The SMILES string of the molecule is CN1CCCC(N(C)Cc2ccc(N)c(F)c2)C1. The number of hydrogen-bond acceptors (Lipinski definition) is 3. The van der Waals surface area contributed by atoms with E-state index in [4.69, 9.17) is 5.73 Å². The second-order valence-electron chi connectivity index (χ2n) is 5.33. The average molecular weight is 251 g/mol. The summed E-state index contributed by atoms with van der Waals surface area (Å²) in [5, 5.41) is 0. The van der Waals surface area contributed by atoms with Gasteiger partial charge in [0.25, 0.3) is 0 Å². The summed E-state index contributed by atoms with van der Waals surface area (Å²) in [5.41, 5.74) is 6.69. The van der Waals surface area contributed by atoms with Crippen LogP contribution in [0.5, 0.6) is 0 Å². The van der Waals surface area contributed by atoms with Gasteiger partial charge in [0, 0.05) is 19.1 Å². The number of halogens is 1. The van der Waals surface area contributed by atoms with Gasteiger partial charge in [-0.1, -0.05) is 6.07 Å². The second-order valence-corrected chi connectivity index (χ2v) is 5.33. The predicted octanol–water partition coefficient (Wildman–Crippen LogP) is 1.93. The molecule has 0 aromatic heterocycles. The van der Waals surface area contributed by atoms with E-state index < -0.39 is 0 Å². The Morgan fingerprint density at radius 1 is 1.50 bits per heavy atom. The van der Waals surface area contributed by atoms with E-state index in [1.165, 1.54) is 19.4 Å². The van der Waals surface area contributed by atoms with E-state index in [0.717, 1.165) is 18.7 Å². The number of anilines is 1.